The summed E-state index contributed by atoms with van der Waals surface area (Å²) in [5.41, 5.74) is 2.15. The van der Waals surface area contributed by atoms with Crippen molar-refractivity contribution in [3.63, 3.8) is 0 Å². The number of aliphatic hydroxyl groups is 1. The van der Waals surface area contributed by atoms with Crippen LogP contribution in [0.15, 0.2) is 24.3 Å². The lowest BCUT2D eigenvalue weighted by Gasteiger charge is -2.24. The van der Waals surface area contributed by atoms with Crippen LogP contribution in [0.2, 0.25) is 0 Å². The summed E-state index contributed by atoms with van der Waals surface area (Å²) in [6, 6.07) is 7.91. The maximum absolute atomic E-state index is 9.74. The van der Waals surface area contributed by atoms with Crippen molar-refractivity contribution in [2.24, 2.45) is 0 Å². The molecule has 0 aliphatic heterocycles. The molecule has 0 aliphatic carbocycles. The zero-order valence-corrected chi connectivity index (χ0v) is 9.67. The molecule has 1 rings (SSSR count). The molecule has 78 valence electrons. The van der Waals surface area contributed by atoms with Crippen LogP contribution in [-0.4, -0.2) is 11.0 Å². The fourth-order valence-electron chi connectivity index (χ4n) is 1.55. The summed E-state index contributed by atoms with van der Waals surface area (Å²) < 4.78 is 0. The van der Waals surface area contributed by atoms with Gasteiger partial charge in [-0.15, -0.1) is 11.6 Å². The Morgan fingerprint density at radius 2 is 1.86 bits per heavy atom. The van der Waals surface area contributed by atoms with Crippen molar-refractivity contribution in [2.45, 2.75) is 32.3 Å². The second-order valence-corrected chi connectivity index (χ2v) is 4.82. The maximum Gasteiger partial charge on any atom is 0.0928 e. The Morgan fingerprint density at radius 3 is 2.36 bits per heavy atom. The first-order valence-electron chi connectivity index (χ1n) is 4.80. The summed E-state index contributed by atoms with van der Waals surface area (Å²) >= 11 is 5.66. The molecule has 0 radical (unpaired) electrons. The van der Waals surface area contributed by atoms with E-state index in [9.17, 15) is 5.11 Å². The summed E-state index contributed by atoms with van der Waals surface area (Å²) in [7, 11) is 0. The van der Waals surface area contributed by atoms with E-state index in [1.807, 2.05) is 24.3 Å². The van der Waals surface area contributed by atoms with E-state index in [2.05, 4.69) is 20.8 Å². The topological polar surface area (TPSA) is 20.2 Å². The van der Waals surface area contributed by atoms with Gasteiger partial charge < -0.3 is 5.11 Å². The predicted octanol–water partition coefficient (Wildman–Crippen LogP) is 3.26. The normalized spacial score (nSPS) is 14.1. The average Bonchev–Trinajstić information content (AvgIpc) is 2.15. The van der Waals surface area contributed by atoms with E-state index >= 15 is 0 Å². The van der Waals surface area contributed by atoms with Gasteiger partial charge in [-0.1, -0.05) is 45.0 Å². The van der Waals surface area contributed by atoms with Gasteiger partial charge in [-0.25, -0.2) is 0 Å². The standard InChI is InChI=1S/C12H17ClO/c1-12(2,3)10-7-5-4-6-9(10)11(14)8-13/h4-7,11,14H,8H2,1-3H3. The van der Waals surface area contributed by atoms with Crippen LogP contribution in [0.1, 0.15) is 38.0 Å². The molecular formula is C12H17ClO. The highest BCUT2D eigenvalue weighted by Crippen LogP contribution is 2.29. The molecule has 0 bridgehead atoms. The van der Waals surface area contributed by atoms with Gasteiger partial charge >= 0.3 is 0 Å². The third-order valence-corrected chi connectivity index (χ3v) is 2.57. The third-order valence-electron chi connectivity index (χ3n) is 2.27. The van der Waals surface area contributed by atoms with Gasteiger partial charge in [-0.05, 0) is 16.5 Å². The van der Waals surface area contributed by atoms with Crippen molar-refractivity contribution in [3.8, 4) is 0 Å². The van der Waals surface area contributed by atoms with E-state index in [0.29, 0.717) is 0 Å². The molecular weight excluding hydrogens is 196 g/mol. The van der Waals surface area contributed by atoms with Gasteiger partial charge in [0.05, 0.1) is 12.0 Å². The molecule has 0 fully saturated rings. The van der Waals surface area contributed by atoms with Gasteiger partial charge in [-0.2, -0.15) is 0 Å². The van der Waals surface area contributed by atoms with E-state index in [0.717, 1.165) is 11.1 Å². The van der Waals surface area contributed by atoms with Crippen molar-refractivity contribution in [1.29, 1.82) is 0 Å². The number of rotatable bonds is 2. The minimum absolute atomic E-state index is 0.0453. The van der Waals surface area contributed by atoms with Crippen LogP contribution in [0.5, 0.6) is 0 Å². The fraction of sp³-hybridized carbons (Fsp3) is 0.500. The molecule has 2 heteroatoms. The Balaban J connectivity index is 3.16. The Morgan fingerprint density at radius 1 is 1.29 bits per heavy atom. The first-order valence-corrected chi connectivity index (χ1v) is 5.33. The predicted molar refractivity (Wildman–Crippen MR) is 60.8 cm³/mol. The van der Waals surface area contributed by atoms with Gasteiger partial charge in [0.25, 0.3) is 0 Å². The average molecular weight is 213 g/mol. The van der Waals surface area contributed by atoms with Crippen LogP contribution in [0.4, 0.5) is 0 Å². The van der Waals surface area contributed by atoms with E-state index < -0.39 is 6.10 Å². The summed E-state index contributed by atoms with van der Waals surface area (Å²) in [5, 5.41) is 9.74. The van der Waals surface area contributed by atoms with Gasteiger partial charge in [0.15, 0.2) is 0 Å². The van der Waals surface area contributed by atoms with Crippen LogP contribution in [-0.2, 0) is 5.41 Å². The third kappa shape index (κ3) is 2.49. The minimum Gasteiger partial charge on any atom is -0.387 e. The molecule has 1 N–H and O–H groups in total. The Labute approximate surface area is 90.7 Å². The largest absolute Gasteiger partial charge is 0.387 e. The summed E-state index contributed by atoms with van der Waals surface area (Å²) in [6.07, 6.45) is -0.563. The fourth-order valence-corrected chi connectivity index (χ4v) is 1.72. The monoisotopic (exact) mass is 212 g/mol. The first-order chi connectivity index (χ1) is 6.46. The Kier molecular flexibility index (Phi) is 3.57. The lowest BCUT2D eigenvalue weighted by molar-refractivity contribution is 0.200. The van der Waals surface area contributed by atoms with Crippen LogP contribution in [0.25, 0.3) is 0 Å². The summed E-state index contributed by atoms with van der Waals surface area (Å²) in [4.78, 5) is 0. The first kappa shape index (κ1) is 11.5. The number of hydrogen-bond acceptors (Lipinski definition) is 1. The Hall–Kier alpha value is -0.530. The highest BCUT2D eigenvalue weighted by atomic mass is 35.5. The molecule has 1 unspecified atom stereocenters. The van der Waals surface area contributed by atoms with Crippen molar-refractivity contribution in [3.05, 3.63) is 35.4 Å². The van der Waals surface area contributed by atoms with Crippen LogP contribution < -0.4 is 0 Å². The van der Waals surface area contributed by atoms with Crippen LogP contribution >= 0.6 is 11.6 Å². The molecule has 0 aromatic heterocycles. The number of alkyl halides is 1. The maximum atomic E-state index is 9.74. The summed E-state index contributed by atoms with van der Waals surface area (Å²) in [5.74, 6) is 0.243. The molecule has 0 heterocycles. The number of hydrogen-bond donors (Lipinski definition) is 1. The van der Waals surface area contributed by atoms with Crippen molar-refractivity contribution >= 4 is 11.6 Å². The highest BCUT2D eigenvalue weighted by molar-refractivity contribution is 6.18. The molecule has 0 amide bonds. The smallest absolute Gasteiger partial charge is 0.0928 e. The van der Waals surface area contributed by atoms with Gasteiger partial charge in [0.1, 0.15) is 0 Å². The Bertz CT molecular complexity index is 301. The second kappa shape index (κ2) is 4.33. The number of benzene rings is 1. The molecule has 0 spiro atoms. The van der Waals surface area contributed by atoms with E-state index in [1.54, 1.807) is 0 Å². The zero-order valence-electron chi connectivity index (χ0n) is 8.92. The van der Waals surface area contributed by atoms with Crippen molar-refractivity contribution in [1.82, 2.24) is 0 Å². The highest BCUT2D eigenvalue weighted by Gasteiger charge is 2.20. The lowest BCUT2D eigenvalue weighted by atomic mass is 9.82. The minimum atomic E-state index is -0.563. The van der Waals surface area contributed by atoms with E-state index in [-0.39, 0.29) is 11.3 Å². The van der Waals surface area contributed by atoms with Gasteiger partial charge in [0.2, 0.25) is 0 Å². The van der Waals surface area contributed by atoms with Crippen molar-refractivity contribution in [2.75, 3.05) is 5.88 Å². The van der Waals surface area contributed by atoms with Crippen molar-refractivity contribution < 1.29 is 5.11 Å². The van der Waals surface area contributed by atoms with E-state index in [1.165, 1.54) is 0 Å². The molecule has 1 nitrogen and oxygen atoms in total. The quantitative estimate of drug-likeness (QED) is 0.747. The van der Waals surface area contributed by atoms with Gasteiger partial charge in [-0.3, -0.25) is 0 Å². The zero-order chi connectivity index (χ0) is 10.8. The molecule has 1 atom stereocenters. The molecule has 0 saturated carbocycles. The molecule has 0 saturated heterocycles. The lowest BCUT2D eigenvalue weighted by Crippen LogP contribution is -2.16. The van der Waals surface area contributed by atoms with Crippen LogP contribution in [0, 0.1) is 0 Å². The SMILES string of the molecule is CC(C)(C)c1ccccc1C(O)CCl. The number of halogens is 1. The summed E-state index contributed by atoms with van der Waals surface area (Å²) in [6.45, 7) is 6.40. The number of aliphatic hydroxyl groups excluding tert-OH is 1. The van der Waals surface area contributed by atoms with Crippen LogP contribution in [0.3, 0.4) is 0 Å². The molecule has 0 aliphatic rings. The van der Waals surface area contributed by atoms with Gasteiger partial charge in [0, 0.05) is 0 Å². The molecule has 14 heavy (non-hydrogen) atoms. The van der Waals surface area contributed by atoms with E-state index in [4.69, 9.17) is 11.6 Å². The molecule has 1 aromatic carbocycles. The molecule has 1 aromatic rings. The second-order valence-electron chi connectivity index (χ2n) is 4.51.